The normalized spacial score (nSPS) is 30.0. The van der Waals surface area contributed by atoms with E-state index < -0.39 is 18.5 Å². The van der Waals surface area contributed by atoms with Crippen molar-refractivity contribution >= 4 is 11.8 Å². The molecule has 3 aliphatic carbocycles. The molecule has 2 unspecified atom stereocenters. The quantitative estimate of drug-likeness (QED) is 0.179. The number of hydrogen-bond donors (Lipinski definition) is 2. The van der Waals surface area contributed by atoms with Crippen LogP contribution in [0.1, 0.15) is 100 Å². The number of phenolic OH excluding ortho intramolecular Hbond substituents is 1. The Morgan fingerprint density at radius 2 is 1.64 bits per heavy atom. The van der Waals surface area contributed by atoms with E-state index in [9.17, 15) is 32.2 Å². The zero-order valence-electron chi connectivity index (χ0n) is 25.6. The second-order valence-corrected chi connectivity index (χ2v) is 14.9. The number of unbranched alkanes of at least 4 members (excludes halogenated alkanes) is 2. The van der Waals surface area contributed by atoms with Crippen molar-refractivity contribution in [3.8, 4) is 11.5 Å². The molecule has 44 heavy (non-hydrogen) atoms. The fraction of sp³-hybridized carbons (Fsp3) is 0.657. The van der Waals surface area contributed by atoms with E-state index in [2.05, 4.69) is 32.0 Å². The molecule has 3 aliphatic rings. The summed E-state index contributed by atoms with van der Waals surface area (Å²) in [6.07, 6.45) is 0.313. The van der Waals surface area contributed by atoms with Gasteiger partial charge in [0.1, 0.15) is 11.5 Å². The molecule has 2 saturated carbocycles. The van der Waals surface area contributed by atoms with Crippen LogP contribution in [0.15, 0.2) is 42.5 Å². The van der Waals surface area contributed by atoms with Crippen molar-refractivity contribution in [2.75, 3.05) is 18.1 Å². The molecule has 2 N–H and O–H groups in total. The molecule has 9 heteroatoms. The van der Waals surface area contributed by atoms with Crippen molar-refractivity contribution in [2.45, 2.75) is 108 Å². The lowest BCUT2D eigenvalue weighted by Crippen LogP contribution is -2.52. The summed E-state index contributed by atoms with van der Waals surface area (Å²) in [5.41, 5.74) is 3.74. The van der Waals surface area contributed by atoms with Crippen LogP contribution in [0.5, 0.6) is 11.5 Å². The van der Waals surface area contributed by atoms with Gasteiger partial charge in [-0.15, -0.1) is 0 Å². The number of hydrogen-bond acceptors (Lipinski definition) is 4. The summed E-state index contributed by atoms with van der Waals surface area (Å²) in [5.74, 6) is -1.48. The Balaban J connectivity index is 1.14. The molecule has 0 amide bonds. The average molecular weight is 641 g/mol. The van der Waals surface area contributed by atoms with Gasteiger partial charge in [0.25, 0.3) is 0 Å². The summed E-state index contributed by atoms with van der Waals surface area (Å²) >= 11 is 1.41. The van der Waals surface area contributed by atoms with Crippen molar-refractivity contribution in [3.05, 3.63) is 59.2 Å². The molecule has 0 radical (unpaired) electrons. The zero-order valence-corrected chi connectivity index (χ0v) is 26.5. The van der Waals surface area contributed by atoms with Gasteiger partial charge in [-0.1, -0.05) is 32.0 Å². The number of aryl methyl sites for hydroxylation is 1. The van der Waals surface area contributed by atoms with E-state index in [0.717, 1.165) is 62.9 Å². The van der Waals surface area contributed by atoms with Crippen molar-refractivity contribution in [1.29, 1.82) is 0 Å². The molecule has 2 aromatic rings. The summed E-state index contributed by atoms with van der Waals surface area (Å²) in [7, 11) is 0. The van der Waals surface area contributed by atoms with Gasteiger partial charge < -0.3 is 14.9 Å². The number of fused-ring (bicyclic) bond motifs is 5. The Bertz CT molecular complexity index is 1270. The first-order valence-corrected chi connectivity index (χ1v) is 17.2. The minimum Gasteiger partial charge on any atom is -0.508 e. The number of halogens is 5. The minimum absolute atomic E-state index is 0.0563. The molecule has 0 heterocycles. The average Bonchev–Trinajstić information content (AvgIpc) is 3.27. The fourth-order valence-corrected chi connectivity index (χ4v) is 9.66. The van der Waals surface area contributed by atoms with Crippen LogP contribution in [0.2, 0.25) is 0 Å². The SMILES string of the molecule is C[C@@]12CCc3cc(O)ccc3C1[C@@H](c1ccc(OCCCCCSCCCC(F)(F)C(F)(F)F)cc1)C[C@@]1(C)C2CC[C@@H]1O. The van der Waals surface area contributed by atoms with E-state index in [1.54, 1.807) is 0 Å². The molecule has 2 aromatic carbocycles. The fourth-order valence-electron chi connectivity index (χ4n) is 8.70. The van der Waals surface area contributed by atoms with E-state index in [1.807, 2.05) is 24.3 Å². The maximum Gasteiger partial charge on any atom is 0.453 e. The molecule has 0 saturated heterocycles. The summed E-state index contributed by atoms with van der Waals surface area (Å²) < 4.78 is 68.6. The first-order valence-electron chi connectivity index (χ1n) is 16.0. The summed E-state index contributed by atoms with van der Waals surface area (Å²) in [6, 6.07) is 14.3. The van der Waals surface area contributed by atoms with Gasteiger partial charge >= 0.3 is 12.1 Å². The third kappa shape index (κ3) is 6.60. The maximum atomic E-state index is 13.0. The van der Waals surface area contributed by atoms with Crippen LogP contribution < -0.4 is 4.74 Å². The number of alkyl halides is 5. The summed E-state index contributed by atoms with van der Waals surface area (Å²) in [6.45, 7) is 5.27. The molecule has 3 nitrogen and oxygen atoms in total. The van der Waals surface area contributed by atoms with Crippen LogP contribution in [0.4, 0.5) is 22.0 Å². The number of aliphatic hydroxyl groups excluding tert-OH is 1. The minimum atomic E-state index is -5.47. The van der Waals surface area contributed by atoms with Gasteiger partial charge in [-0.25, -0.2) is 0 Å². The molecule has 6 atom stereocenters. The van der Waals surface area contributed by atoms with Crippen LogP contribution in [0, 0.1) is 16.7 Å². The van der Waals surface area contributed by atoms with Crippen LogP contribution in [-0.2, 0) is 6.42 Å². The second kappa shape index (κ2) is 13.0. The molecule has 5 rings (SSSR count). The highest BCUT2D eigenvalue weighted by atomic mass is 32.2. The van der Waals surface area contributed by atoms with E-state index in [0.29, 0.717) is 29.9 Å². The van der Waals surface area contributed by atoms with E-state index in [1.165, 1.54) is 28.5 Å². The van der Waals surface area contributed by atoms with Crippen molar-refractivity contribution < 1.29 is 36.9 Å². The molecular formula is C35H45F5O3S. The van der Waals surface area contributed by atoms with Crippen molar-refractivity contribution in [2.24, 2.45) is 16.7 Å². The lowest BCUT2D eigenvalue weighted by atomic mass is 9.44. The van der Waals surface area contributed by atoms with Crippen LogP contribution in [0.3, 0.4) is 0 Å². The number of phenols is 1. The lowest BCUT2D eigenvalue weighted by molar-refractivity contribution is -0.284. The summed E-state index contributed by atoms with van der Waals surface area (Å²) in [4.78, 5) is 0. The van der Waals surface area contributed by atoms with Gasteiger partial charge in [0.15, 0.2) is 0 Å². The molecule has 0 spiro atoms. The van der Waals surface area contributed by atoms with Gasteiger partial charge in [-0.05, 0) is 139 Å². The van der Waals surface area contributed by atoms with Crippen molar-refractivity contribution in [1.82, 2.24) is 0 Å². The highest BCUT2D eigenvalue weighted by Gasteiger charge is 2.63. The first-order chi connectivity index (χ1) is 20.8. The van der Waals surface area contributed by atoms with Gasteiger partial charge in [-0.2, -0.15) is 33.7 Å². The number of ether oxygens (including phenoxy) is 1. The topological polar surface area (TPSA) is 49.7 Å². The Hall–Kier alpha value is -2.00. The molecule has 0 aliphatic heterocycles. The molecule has 244 valence electrons. The lowest BCUT2D eigenvalue weighted by Gasteiger charge is -2.60. The molecule has 0 bridgehead atoms. The van der Waals surface area contributed by atoms with Crippen molar-refractivity contribution in [3.63, 3.8) is 0 Å². The Morgan fingerprint density at radius 1 is 0.909 bits per heavy atom. The van der Waals surface area contributed by atoms with E-state index >= 15 is 0 Å². The number of benzene rings is 2. The number of aromatic hydroxyl groups is 1. The van der Waals surface area contributed by atoms with Gasteiger partial charge in [0.05, 0.1) is 12.7 Å². The molecular weight excluding hydrogens is 595 g/mol. The third-order valence-electron chi connectivity index (χ3n) is 11.0. The van der Waals surface area contributed by atoms with Crippen LogP contribution >= 0.6 is 11.8 Å². The van der Waals surface area contributed by atoms with Crippen LogP contribution in [0.25, 0.3) is 0 Å². The Morgan fingerprint density at radius 3 is 2.36 bits per heavy atom. The smallest absolute Gasteiger partial charge is 0.453 e. The van der Waals surface area contributed by atoms with Gasteiger partial charge in [-0.3, -0.25) is 0 Å². The molecule has 2 fully saturated rings. The number of rotatable bonds is 12. The molecule has 0 aromatic heterocycles. The van der Waals surface area contributed by atoms with E-state index in [4.69, 9.17) is 4.74 Å². The summed E-state index contributed by atoms with van der Waals surface area (Å²) in [5, 5.41) is 21.4. The van der Waals surface area contributed by atoms with Gasteiger partial charge in [0.2, 0.25) is 0 Å². The number of aliphatic hydroxyl groups is 1. The predicted molar refractivity (Wildman–Crippen MR) is 165 cm³/mol. The number of thioether (sulfide) groups is 1. The monoisotopic (exact) mass is 640 g/mol. The van der Waals surface area contributed by atoms with Crippen LogP contribution in [-0.4, -0.2) is 46.5 Å². The standard InChI is InChI=1S/C35H45F5O3S/c1-32-17-15-24-21-25(41)9-12-27(24)31(32)28(22-33(2)29(32)13-14-30(33)42)23-7-10-26(11-8-23)43-18-4-3-5-19-44-20-6-16-34(36,37)35(38,39)40/h7-12,21,28-31,41-42H,3-6,13-20,22H2,1-2H3/t28-,29?,30+,31?,32+,33+/m1/s1. The highest BCUT2D eigenvalue weighted by Crippen LogP contribution is 2.70. The third-order valence-corrected chi connectivity index (χ3v) is 12.1. The maximum absolute atomic E-state index is 13.0. The zero-order chi connectivity index (χ0) is 31.8. The second-order valence-electron chi connectivity index (χ2n) is 13.7. The highest BCUT2D eigenvalue weighted by molar-refractivity contribution is 7.99. The predicted octanol–water partition coefficient (Wildman–Crippen LogP) is 9.65. The Labute approximate surface area is 262 Å². The first kappa shape index (κ1) is 33.4. The Kier molecular flexibility index (Phi) is 9.87. The van der Waals surface area contributed by atoms with E-state index in [-0.39, 0.29) is 29.3 Å². The largest absolute Gasteiger partial charge is 0.508 e. The van der Waals surface area contributed by atoms with Gasteiger partial charge in [0, 0.05) is 6.42 Å².